The Morgan fingerprint density at radius 3 is 2.63 bits per heavy atom. The van der Waals surface area contributed by atoms with Gasteiger partial charge in [0.15, 0.2) is 5.16 Å². The second kappa shape index (κ2) is 7.24. The van der Waals surface area contributed by atoms with Crippen LogP contribution in [0.1, 0.15) is 6.92 Å². The molecule has 0 radical (unpaired) electrons. The van der Waals surface area contributed by atoms with Crippen LogP contribution in [0.25, 0.3) is 22.4 Å². The number of esters is 1. The molecule has 0 aliphatic carbocycles. The zero-order valence-electron chi connectivity index (χ0n) is 14.5. The molecule has 7 nitrogen and oxygen atoms in total. The molecule has 0 atom stereocenters. The monoisotopic (exact) mass is 380 g/mol. The first-order valence-electron chi connectivity index (χ1n) is 8.43. The van der Waals surface area contributed by atoms with Crippen LogP contribution in [0.3, 0.4) is 0 Å². The van der Waals surface area contributed by atoms with E-state index >= 15 is 0 Å². The van der Waals surface area contributed by atoms with Crippen molar-refractivity contribution in [3.8, 4) is 5.69 Å². The van der Waals surface area contributed by atoms with Gasteiger partial charge < -0.3 is 4.74 Å². The summed E-state index contributed by atoms with van der Waals surface area (Å²) in [4.78, 5) is 29.3. The molecule has 0 spiro atoms. The minimum absolute atomic E-state index is 0.0955. The number of benzene rings is 2. The Morgan fingerprint density at radius 2 is 1.85 bits per heavy atom. The van der Waals surface area contributed by atoms with Crippen LogP contribution in [0.2, 0.25) is 0 Å². The van der Waals surface area contributed by atoms with Crippen LogP contribution in [-0.4, -0.2) is 37.5 Å². The van der Waals surface area contributed by atoms with Crippen molar-refractivity contribution in [1.29, 1.82) is 0 Å². The van der Waals surface area contributed by atoms with Crippen molar-refractivity contribution >= 4 is 34.4 Å². The molecular weight excluding hydrogens is 364 g/mol. The van der Waals surface area contributed by atoms with Gasteiger partial charge in [-0.15, -0.1) is 5.10 Å². The van der Waals surface area contributed by atoms with Crippen molar-refractivity contribution in [2.24, 2.45) is 0 Å². The average molecular weight is 380 g/mol. The third kappa shape index (κ3) is 3.19. The quantitative estimate of drug-likeness (QED) is 0.391. The highest BCUT2D eigenvalue weighted by Gasteiger charge is 2.18. The molecule has 0 saturated carbocycles. The lowest BCUT2D eigenvalue weighted by Crippen LogP contribution is -2.16. The molecule has 0 unspecified atom stereocenters. The molecular formula is C19H16N4O3S. The minimum atomic E-state index is -0.334. The molecule has 2 heterocycles. The highest BCUT2D eigenvalue weighted by molar-refractivity contribution is 7.99. The Morgan fingerprint density at radius 1 is 1.11 bits per heavy atom. The molecule has 136 valence electrons. The zero-order valence-corrected chi connectivity index (χ0v) is 15.3. The normalized spacial score (nSPS) is 11.1. The molecule has 0 fully saturated rings. The Hall–Kier alpha value is -3.13. The number of hydrogen-bond donors (Lipinski definition) is 0. The summed E-state index contributed by atoms with van der Waals surface area (Å²) >= 11 is 1.21. The topological polar surface area (TPSA) is 78.5 Å². The van der Waals surface area contributed by atoms with Gasteiger partial charge in [0.05, 0.1) is 29.0 Å². The van der Waals surface area contributed by atoms with Gasteiger partial charge in [-0.25, -0.2) is 4.98 Å². The number of rotatable bonds is 5. The maximum absolute atomic E-state index is 12.9. The number of carbonyl (C=O) groups is 1. The van der Waals surface area contributed by atoms with E-state index in [4.69, 9.17) is 4.74 Å². The predicted octanol–water partition coefficient (Wildman–Crippen LogP) is 2.69. The maximum Gasteiger partial charge on any atom is 0.316 e. The number of nitrogens with zero attached hydrogens (tertiary/aromatic N) is 4. The van der Waals surface area contributed by atoms with Crippen molar-refractivity contribution < 1.29 is 9.53 Å². The lowest BCUT2D eigenvalue weighted by atomic mass is 10.2. The molecule has 4 rings (SSSR count). The van der Waals surface area contributed by atoms with E-state index in [-0.39, 0.29) is 17.3 Å². The van der Waals surface area contributed by atoms with Crippen LogP contribution >= 0.6 is 11.8 Å². The molecule has 8 heteroatoms. The van der Waals surface area contributed by atoms with E-state index in [1.807, 2.05) is 36.4 Å². The first kappa shape index (κ1) is 17.3. The summed E-state index contributed by atoms with van der Waals surface area (Å²) in [5.74, 6) is 0.161. The van der Waals surface area contributed by atoms with Gasteiger partial charge >= 0.3 is 5.97 Å². The number of thioether (sulfide) groups is 1. The average Bonchev–Trinajstić information content (AvgIpc) is 3.06. The lowest BCUT2D eigenvalue weighted by Gasteiger charge is -2.07. The van der Waals surface area contributed by atoms with Crippen LogP contribution in [0, 0.1) is 0 Å². The van der Waals surface area contributed by atoms with E-state index < -0.39 is 0 Å². The molecule has 4 aromatic rings. The standard InChI is InChI=1S/C19H16N4O3S/c1-2-26-16(24)12-27-19-21-23-17(25)14-10-6-7-11-15(14)20-18(23)22(19)13-8-4-3-5-9-13/h3-11H,2,12H2,1H3. The van der Waals surface area contributed by atoms with Gasteiger partial charge in [0.25, 0.3) is 5.56 Å². The largest absolute Gasteiger partial charge is 0.465 e. The smallest absolute Gasteiger partial charge is 0.316 e. The van der Waals surface area contributed by atoms with Crippen molar-refractivity contribution in [2.45, 2.75) is 12.1 Å². The summed E-state index contributed by atoms with van der Waals surface area (Å²) in [6, 6.07) is 16.6. The number of fused-ring (bicyclic) bond motifs is 2. The van der Waals surface area contributed by atoms with Crippen LogP contribution < -0.4 is 5.56 Å². The third-order valence-electron chi connectivity index (χ3n) is 3.95. The molecule has 2 aromatic carbocycles. The summed E-state index contributed by atoms with van der Waals surface area (Å²) in [6.45, 7) is 2.08. The summed E-state index contributed by atoms with van der Waals surface area (Å²) in [5, 5.41) is 5.42. The fourth-order valence-corrected chi connectivity index (χ4v) is 3.57. The molecule has 0 aliphatic heterocycles. The van der Waals surface area contributed by atoms with Gasteiger partial charge in [-0.2, -0.15) is 4.52 Å². The second-order valence-electron chi connectivity index (χ2n) is 5.69. The van der Waals surface area contributed by atoms with Crippen molar-refractivity contribution in [3.63, 3.8) is 0 Å². The number of para-hydroxylation sites is 2. The Balaban J connectivity index is 1.93. The van der Waals surface area contributed by atoms with Gasteiger partial charge in [-0.3, -0.25) is 14.2 Å². The molecule has 0 amide bonds. The van der Waals surface area contributed by atoms with Gasteiger partial charge in [0.1, 0.15) is 0 Å². The Kier molecular flexibility index (Phi) is 4.64. The van der Waals surface area contributed by atoms with Crippen molar-refractivity contribution in [3.05, 3.63) is 65.0 Å². The van der Waals surface area contributed by atoms with Gasteiger partial charge in [-0.1, -0.05) is 42.1 Å². The fourth-order valence-electron chi connectivity index (χ4n) is 2.79. The molecule has 0 N–H and O–H groups in total. The van der Waals surface area contributed by atoms with Crippen LogP contribution in [0.4, 0.5) is 0 Å². The molecule has 2 aromatic heterocycles. The highest BCUT2D eigenvalue weighted by atomic mass is 32.2. The van der Waals surface area contributed by atoms with E-state index in [9.17, 15) is 9.59 Å². The van der Waals surface area contributed by atoms with E-state index in [0.29, 0.717) is 28.4 Å². The summed E-state index contributed by atoms with van der Waals surface area (Å²) in [6.07, 6.45) is 0. The van der Waals surface area contributed by atoms with Crippen LogP contribution in [-0.2, 0) is 9.53 Å². The van der Waals surface area contributed by atoms with Crippen LogP contribution in [0.15, 0.2) is 64.5 Å². The van der Waals surface area contributed by atoms with E-state index in [1.165, 1.54) is 16.3 Å². The molecule has 27 heavy (non-hydrogen) atoms. The third-order valence-corrected chi connectivity index (χ3v) is 4.85. The fraction of sp³-hybridized carbons (Fsp3) is 0.158. The summed E-state index contributed by atoms with van der Waals surface area (Å²) in [7, 11) is 0. The SMILES string of the molecule is CCOC(=O)CSc1nn2c(=O)c3ccccc3nc2n1-c1ccccc1. The maximum atomic E-state index is 12.9. The number of ether oxygens (including phenoxy) is 1. The zero-order chi connectivity index (χ0) is 18.8. The number of aromatic nitrogens is 4. The molecule has 0 aliphatic rings. The Labute approximate surface area is 158 Å². The summed E-state index contributed by atoms with van der Waals surface area (Å²) in [5.41, 5.74) is 1.16. The van der Waals surface area contributed by atoms with Crippen molar-refractivity contribution in [2.75, 3.05) is 12.4 Å². The van der Waals surface area contributed by atoms with Gasteiger partial charge in [0, 0.05) is 0 Å². The summed E-state index contributed by atoms with van der Waals surface area (Å²) < 4.78 is 8.05. The first-order valence-corrected chi connectivity index (χ1v) is 9.42. The predicted molar refractivity (Wildman–Crippen MR) is 103 cm³/mol. The van der Waals surface area contributed by atoms with Crippen LogP contribution in [0.5, 0.6) is 0 Å². The Bertz CT molecular complexity index is 1180. The van der Waals surface area contributed by atoms with E-state index in [2.05, 4.69) is 10.1 Å². The molecule has 0 bridgehead atoms. The lowest BCUT2D eigenvalue weighted by molar-refractivity contribution is -0.139. The first-order chi connectivity index (χ1) is 13.2. The van der Waals surface area contributed by atoms with E-state index in [0.717, 1.165) is 5.69 Å². The van der Waals surface area contributed by atoms with E-state index in [1.54, 1.807) is 29.7 Å². The van der Waals surface area contributed by atoms with Gasteiger partial charge in [0.2, 0.25) is 5.78 Å². The minimum Gasteiger partial charge on any atom is -0.465 e. The number of carbonyl (C=O) groups excluding carboxylic acids is 1. The highest BCUT2D eigenvalue weighted by Crippen LogP contribution is 2.23. The molecule has 0 saturated heterocycles. The second-order valence-corrected chi connectivity index (χ2v) is 6.64. The number of hydrogen-bond acceptors (Lipinski definition) is 6. The van der Waals surface area contributed by atoms with Crippen molar-refractivity contribution in [1.82, 2.24) is 19.2 Å². The van der Waals surface area contributed by atoms with Gasteiger partial charge in [-0.05, 0) is 31.2 Å².